The van der Waals surface area contributed by atoms with Crippen molar-refractivity contribution in [2.75, 3.05) is 6.54 Å². The van der Waals surface area contributed by atoms with Gasteiger partial charge >= 0.3 is 0 Å². The predicted octanol–water partition coefficient (Wildman–Crippen LogP) is 2.72. The van der Waals surface area contributed by atoms with Crippen molar-refractivity contribution in [2.24, 2.45) is 11.8 Å². The highest BCUT2D eigenvalue weighted by atomic mass is 16.2. The third kappa shape index (κ3) is 3.09. The van der Waals surface area contributed by atoms with E-state index in [-0.39, 0.29) is 23.8 Å². The smallest absolute Gasteiger partial charge is 0.249 e. The second-order valence-corrected chi connectivity index (χ2v) is 7.00. The van der Waals surface area contributed by atoms with E-state index in [2.05, 4.69) is 26.1 Å². The van der Waals surface area contributed by atoms with Gasteiger partial charge in [0, 0.05) is 6.54 Å². The molecule has 0 bridgehead atoms. The maximum atomic E-state index is 13.0. The normalized spacial score (nSPS) is 31.2. The number of nitrogens with one attached hydrogen (secondary N) is 1. The van der Waals surface area contributed by atoms with Gasteiger partial charge in [-0.2, -0.15) is 0 Å². The average Bonchev–Trinajstić information content (AvgIpc) is 3.28. The fourth-order valence-corrected chi connectivity index (χ4v) is 3.45. The number of rotatable bonds is 7. The summed E-state index contributed by atoms with van der Waals surface area (Å²) in [6.07, 6.45) is 6.25. The number of hydrogen-bond donors (Lipinski definition) is 1. The standard InChI is InChI=1S/C17H30N2O2/c1-5-7-8-11-19-14(12(3)6-2)15(20)18-17(4,16(19)21)13-9-10-13/h12-14H,5-11H2,1-4H3,(H,18,20). The van der Waals surface area contributed by atoms with Crippen LogP contribution in [-0.4, -0.2) is 34.8 Å². The summed E-state index contributed by atoms with van der Waals surface area (Å²) in [4.78, 5) is 27.5. The molecule has 3 atom stereocenters. The SMILES string of the molecule is CCCCCN1C(=O)C(C)(C2CC2)NC(=O)C1C(C)CC. The third-order valence-electron chi connectivity index (χ3n) is 5.27. The molecule has 1 saturated heterocycles. The van der Waals surface area contributed by atoms with Crippen LogP contribution in [0.1, 0.15) is 66.2 Å². The number of carbonyl (C=O) groups is 2. The highest BCUT2D eigenvalue weighted by Crippen LogP contribution is 2.42. The van der Waals surface area contributed by atoms with Crippen LogP contribution in [0.5, 0.6) is 0 Å². The van der Waals surface area contributed by atoms with E-state index in [1.165, 1.54) is 0 Å². The fourth-order valence-electron chi connectivity index (χ4n) is 3.45. The van der Waals surface area contributed by atoms with E-state index in [1.54, 1.807) is 0 Å². The summed E-state index contributed by atoms with van der Waals surface area (Å²) in [5, 5.41) is 3.06. The van der Waals surface area contributed by atoms with Crippen LogP contribution in [0.2, 0.25) is 0 Å². The summed E-state index contributed by atoms with van der Waals surface area (Å²) >= 11 is 0. The zero-order chi connectivity index (χ0) is 15.6. The quantitative estimate of drug-likeness (QED) is 0.734. The summed E-state index contributed by atoms with van der Waals surface area (Å²) in [5.74, 6) is 0.737. The number of carbonyl (C=O) groups excluding carboxylic acids is 2. The topological polar surface area (TPSA) is 49.4 Å². The molecular formula is C17H30N2O2. The van der Waals surface area contributed by atoms with Gasteiger partial charge in [-0.05, 0) is 38.0 Å². The average molecular weight is 294 g/mol. The van der Waals surface area contributed by atoms with Crippen molar-refractivity contribution >= 4 is 11.8 Å². The lowest BCUT2D eigenvalue weighted by Gasteiger charge is -2.46. The van der Waals surface area contributed by atoms with Gasteiger partial charge in [-0.1, -0.05) is 40.0 Å². The molecule has 21 heavy (non-hydrogen) atoms. The van der Waals surface area contributed by atoms with Gasteiger partial charge in [0.05, 0.1) is 0 Å². The minimum atomic E-state index is -0.659. The molecule has 0 aromatic rings. The minimum absolute atomic E-state index is 0.0508. The second-order valence-electron chi connectivity index (χ2n) is 7.00. The fraction of sp³-hybridized carbons (Fsp3) is 0.882. The molecule has 2 rings (SSSR count). The largest absolute Gasteiger partial charge is 0.340 e. The minimum Gasteiger partial charge on any atom is -0.340 e. The Labute approximate surface area is 128 Å². The summed E-state index contributed by atoms with van der Waals surface area (Å²) in [7, 11) is 0. The number of amides is 2. The van der Waals surface area contributed by atoms with Crippen molar-refractivity contribution in [1.29, 1.82) is 0 Å². The third-order valence-corrected chi connectivity index (χ3v) is 5.27. The van der Waals surface area contributed by atoms with Gasteiger partial charge in [-0.3, -0.25) is 9.59 Å². The predicted molar refractivity (Wildman–Crippen MR) is 83.8 cm³/mol. The summed E-state index contributed by atoms with van der Waals surface area (Å²) < 4.78 is 0. The Balaban J connectivity index is 2.20. The molecule has 2 aliphatic rings. The van der Waals surface area contributed by atoms with Crippen LogP contribution in [0.25, 0.3) is 0 Å². The number of piperazine rings is 1. The van der Waals surface area contributed by atoms with Gasteiger partial charge in [0.2, 0.25) is 11.8 Å². The van der Waals surface area contributed by atoms with Gasteiger partial charge in [0.25, 0.3) is 0 Å². The first-order valence-electron chi connectivity index (χ1n) is 8.58. The van der Waals surface area contributed by atoms with Crippen LogP contribution in [0, 0.1) is 11.8 Å². The maximum Gasteiger partial charge on any atom is 0.249 e. The van der Waals surface area contributed by atoms with Crippen LogP contribution in [0.3, 0.4) is 0 Å². The Morgan fingerprint density at radius 2 is 1.95 bits per heavy atom. The summed E-state index contributed by atoms with van der Waals surface area (Å²) in [6, 6.07) is -0.286. The molecule has 1 aliphatic heterocycles. The molecule has 4 nitrogen and oxygen atoms in total. The lowest BCUT2D eigenvalue weighted by Crippen LogP contribution is -2.71. The van der Waals surface area contributed by atoms with Crippen LogP contribution in [0.4, 0.5) is 0 Å². The lowest BCUT2D eigenvalue weighted by atomic mass is 9.85. The molecule has 120 valence electrons. The van der Waals surface area contributed by atoms with E-state index < -0.39 is 5.54 Å². The van der Waals surface area contributed by atoms with E-state index in [0.717, 1.165) is 45.1 Å². The number of unbranched alkanes of at least 4 members (excludes halogenated alkanes) is 2. The van der Waals surface area contributed by atoms with E-state index in [1.807, 2.05) is 11.8 Å². The number of nitrogens with zero attached hydrogens (tertiary/aromatic N) is 1. The summed E-state index contributed by atoms with van der Waals surface area (Å²) in [5.41, 5.74) is -0.659. The van der Waals surface area contributed by atoms with Crippen LogP contribution < -0.4 is 5.32 Å². The molecule has 1 saturated carbocycles. The van der Waals surface area contributed by atoms with Gasteiger partial charge < -0.3 is 10.2 Å². The van der Waals surface area contributed by atoms with Crippen molar-refractivity contribution in [3.05, 3.63) is 0 Å². The van der Waals surface area contributed by atoms with Crippen LogP contribution in [0.15, 0.2) is 0 Å². The molecule has 0 spiro atoms. The van der Waals surface area contributed by atoms with Crippen molar-refractivity contribution in [1.82, 2.24) is 10.2 Å². The molecule has 2 fully saturated rings. The van der Waals surface area contributed by atoms with E-state index in [4.69, 9.17) is 0 Å². The maximum absolute atomic E-state index is 13.0. The Bertz CT molecular complexity index is 406. The first-order valence-corrected chi connectivity index (χ1v) is 8.58. The van der Waals surface area contributed by atoms with Crippen LogP contribution in [-0.2, 0) is 9.59 Å². The van der Waals surface area contributed by atoms with Gasteiger partial charge in [-0.15, -0.1) is 0 Å². The molecule has 1 aliphatic carbocycles. The molecule has 1 heterocycles. The molecule has 4 heteroatoms. The van der Waals surface area contributed by atoms with Crippen LogP contribution >= 0.6 is 0 Å². The first kappa shape index (κ1) is 16.3. The molecule has 0 radical (unpaired) electrons. The van der Waals surface area contributed by atoms with Crippen molar-refractivity contribution in [2.45, 2.75) is 77.8 Å². The monoisotopic (exact) mass is 294 g/mol. The molecular weight excluding hydrogens is 264 g/mol. The molecule has 2 amide bonds. The van der Waals surface area contributed by atoms with E-state index in [9.17, 15) is 9.59 Å². The second kappa shape index (κ2) is 6.37. The molecule has 3 unspecified atom stereocenters. The zero-order valence-corrected chi connectivity index (χ0v) is 13.9. The highest BCUT2D eigenvalue weighted by Gasteiger charge is 2.55. The van der Waals surface area contributed by atoms with E-state index in [0.29, 0.717) is 5.92 Å². The van der Waals surface area contributed by atoms with Gasteiger partial charge in [0.15, 0.2) is 0 Å². The molecule has 0 aromatic carbocycles. The van der Waals surface area contributed by atoms with E-state index >= 15 is 0 Å². The zero-order valence-electron chi connectivity index (χ0n) is 13.9. The van der Waals surface area contributed by atoms with Crippen molar-refractivity contribution < 1.29 is 9.59 Å². The Morgan fingerprint density at radius 1 is 1.29 bits per heavy atom. The van der Waals surface area contributed by atoms with Gasteiger partial charge in [0.1, 0.15) is 11.6 Å². The van der Waals surface area contributed by atoms with Crippen molar-refractivity contribution in [3.63, 3.8) is 0 Å². The Morgan fingerprint density at radius 3 is 2.48 bits per heavy atom. The number of hydrogen-bond acceptors (Lipinski definition) is 2. The van der Waals surface area contributed by atoms with Gasteiger partial charge in [-0.25, -0.2) is 0 Å². The molecule has 0 aromatic heterocycles. The first-order chi connectivity index (χ1) is 9.95. The lowest BCUT2D eigenvalue weighted by molar-refractivity contribution is -0.157. The molecule has 1 N–H and O–H groups in total. The summed E-state index contributed by atoms with van der Waals surface area (Å²) in [6.45, 7) is 8.96. The van der Waals surface area contributed by atoms with Crippen molar-refractivity contribution in [3.8, 4) is 0 Å². The Hall–Kier alpha value is -1.06. The highest BCUT2D eigenvalue weighted by molar-refractivity contribution is 6.00. The Kier molecular flexibility index (Phi) is 4.95.